The maximum Gasteiger partial charge on any atom is 0.238 e. The molecule has 0 radical (unpaired) electrons. The lowest BCUT2D eigenvalue weighted by Crippen LogP contribution is -2.15. The van der Waals surface area contributed by atoms with Gasteiger partial charge in [-0.25, -0.2) is 18.5 Å². The summed E-state index contributed by atoms with van der Waals surface area (Å²) in [4.78, 5) is 17.5. The third kappa shape index (κ3) is 5.49. The number of thioether (sulfide) groups is 1. The molecule has 0 atom stereocenters. The van der Waals surface area contributed by atoms with Gasteiger partial charge in [-0.2, -0.15) is 0 Å². The predicted octanol–water partition coefficient (Wildman–Crippen LogP) is 4.88. The smallest absolute Gasteiger partial charge is 0.238 e. The van der Waals surface area contributed by atoms with Crippen LogP contribution in [0.1, 0.15) is 19.8 Å². The van der Waals surface area contributed by atoms with Crippen molar-refractivity contribution in [2.75, 3.05) is 11.1 Å². The van der Waals surface area contributed by atoms with Crippen molar-refractivity contribution in [1.82, 2.24) is 9.55 Å². The zero-order valence-corrected chi connectivity index (χ0v) is 20.4. The number of carbonyl (C=O) groups is 1. The summed E-state index contributed by atoms with van der Waals surface area (Å²) in [5.74, 6) is 0.0216. The fraction of sp³-hybridized carbons (Fsp3) is 0.200. The molecule has 34 heavy (non-hydrogen) atoms. The Hall–Kier alpha value is -3.14. The number of imidazole rings is 1. The minimum Gasteiger partial charge on any atom is -0.325 e. The van der Waals surface area contributed by atoms with Crippen molar-refractivity contribution in [3.63, 3.8) is 0 Å². The normalized spacial score (nSPS) is 11.6. The molecule has 3 N–H and O–H groups in total. The van der Waals surface area contributed by atoms with Crippen molar-refractivity contribution < 1.29 is 13.2 Å². The van der Waals surface area contributed by atoms with E-state index in [-0.39, 0.29) is 16.6 Å². The first-order valence-corrected chi connectivity index (χ1v) is 13.5. The van der Waals surface area contributed by atoms with Crippen LogP contribution in [0.4, 0.5) is 5.69 Å². The second kappa shape index (κ2) is 10.4. The number of primary sulfonamides is 1. The zero-order chi connectivity index (χ0) is 24.1. The van der Waals surface area contributed by atoms with Crippen LogP contribution >= 0.6 is 11.8 Å². The molecule has 1 heterocycles. The van der Waals surface area contributed by atoms with E-state index in [1.54, 1.807) is 6.07 Å². The first-order valence-electron chi connectivity index (χ1n) is 11.0. The van der Waals surface area contributed by atoms with Crippen LogP contribution in [0.5, 0.6) is 0 Å². The summed E-state index contributed by atoms with van der Waals surface area (Å²) in [6, 6.07) is 22.3. The van der Waals surface area contributed by atoms with E-state index in [2.05, 4.69) is 17.2 Å². The number of aromatic nitrogens is 2. The second-order valence-corrected chi connectivity index (χ2v) is 10.3. The van der Waals surface area contributed by atoms with Crippen molar-refractivity contribution in [3.05, 3.63) is 72.8 Å². The number of aryl methyl sites for hydroxylation is 1. The Morgan fingerprint density at radius 2 is 1.79 bits per heavy atom. The Bertz CT molecular complexity index is 1420. The number of anilines is 1. The molecule has 0 saturated heterocycles. The Balaban J connectivity index is 1.55. The van der Waals surface area contributed by atoms with Crippen molar-refractivity contribution >= 4 is 44.4 Å². The van der Waals surface area contributed by atoms with Gasteiger partial charge in [-0.1, -0.05) is 73.6 Å². The number of para-hydroxylation sites is 1. The quantitative estimate of drug-likeness (QED) is 0.323. The average molecular weight is 495 g/mol. The van der Waals surface area contributed by atoms with Gasteiger partial charge in [-0.3, -0.25) is 4.79 Å². The minimum absolute atomic E-state index is 0.0203. The monoisotopic (exact) mass is 494 g/mol. The Labute approximate surface area is 203 Å². The fourth-order valence-electron chi connectivity index (χ4n) is 3.68. The third-order valence-corrected chi connectivity index (χ3v) is 7.25. The van der Waals surface area contributed by atoms with Crippen LogP contribution in [0.2, 0.25) is 0 Å². The SMILES string of the molecule is CCCCn1c(SCC(=O)Nc2ccccc2-c2ccccc2)nc2cc(S(N)(=O)=O)ccc21. The third-order valence-electron chi connectivity index (χ3n) is 5.37. The highest BCUT2D eigenvalue weighted by atomic mass is 32.2. The van der Waals surface area contributed by atoms with Gasteiger partial charge < -0.3 is 9.88 Å². The van der Waals surface area contributed by atoms with Crippen LogP contribution in [0.25, 0.3) is 22.2 Å². The van der Waals surface area contributed by atoms with Gasteiger partial charge in [0.1, 0.15) is 0 Å². The Morgan fingerprint density at radius 1 is 1.06 bits per heavy atom. The van der Waals surface area contributed by atoms with E-state index >= 15 is 0 Å². The number of nitrogens with zero attached hydrogens (tertiary/aromatic N) is 2. The minimum atomic E-state index is -3.82. The van der Waals surface area contributed by atoms with Gasteiger partial charge in [0.2, 0.25) is 15.9 Å². The molecule has 7 nitrogen and oxygen atoms in total. The summed E-state index contributed by atoms with van der Waals surface area (Å²) in [5, 5.41) is 8.96. The van der Waals surface area contributed by atoms with E-state index in [9.17, 15) is 13.2 Å². The van der Waals surface area contributed by atoms with E-state index in [0.717, 1.165) is 41.7 Å². The molecule has 1 aromatic heterocycles. The largest absolute Gasteiger partial charge is 0.325 e. The molecule has 0 unspecified atom stereocenters. The van der Waals surface area contributed by atoms with Crippen LogP contribution < -0.4 is 10.5 Å². The van der Waals surface area contributed by atoms with Crippen LogP contribution in [-0.2, 0) is 21.4 Å². The van der Waals surface area contributed by atoms with E-state index < -0.39 is 10.0 Å². The van der Waals surface area contributed by atoms with Crippen LogP contribution in [0.3, 0.4) is 0 Å². The van der Waals surface area contributed by atoms with Crippen molar-refractivity contribution in [3.8, 4) is 11.1 Å². The van der Waals surface area contributed by atoms with Crippen molar-refractivity contribution in [2.24, 2.45) is 5.14 Å². The molecule has 0 aliphatic heterocycles. The number of rotatable bonds is 9. The van der Waals surface area contributed by atoms with Gasteiger partial charge in [0, 0.05) is 17.8 Å². The zero-order valence-electron chi connectivity index (χ0n) is 18.8. The summed E-state index contributed by atoms with van der Waals surface area (Å²) in [7, 11) is -3.82. The fourth-order valence-corrected chi connectivity index (χ4v) is 5.06. The standard InChI is InChI=1S/C25H26N4O3S2/c1-2-3-15-29-23-14-13-19(34(26,31)32)16-22(23)28-25(29)33-17-24(30)27-21-12-8-7-11-20(21)18-9-5-4-6-10-18/h4-14,16H,2-3,15,17H2,1H3,(H,27,30)(H2,26,31,32). The van der Waals surface area contributed by atoms with Crippen LogP contribution in [0.15, 0.2) is 82.8 Å². The summed E-state index contributed by atoms with van der Waals surface area (Å²) in [6.07, 6.45) is 1.93. The number of amides is 1. The molecule has 4 rings (SSSR count). The summed E-state index contributed by atoms with van der Waals surface area (Å²) in [5.41, 5.74) is 4.08. The molecule has 3 aromatic carbocycles. The maximum absolute atomic E-state index is 12.8. The van der Waals surface area contributed by atoms with Gasteiger partial charge in [-0.15, -0.1) is 0 Å². The number of benzene rings is 3. The van der Waals surface area contributed by atoms with E-state index in [1.165, 1.54) is 23.9 Å². The summed E-state index contributed by atoms with van der Waals surface area (Å²) < 4.78 is 25.5. The maximum atomic E-state index is 12.8. The number of nitrogens with one attached hydrogen (secondary N) is 1. The van der Waals surface area contributed by atoms with Crippen LogP contribution in [-0.4, -0.2) is 29.6 Å². The molecular formula is C25H26N4O3S2. The Kier molecular flexibility index (Phi) is 7.35. The first-order chi connectivity index (χ1) is 16.4. The lowest BCUT2D eigenvalue weighted by atomic mass is 10.0. The number of hydrogen-bond acceptors (Lipinski definition) is 5. The number of hydrogen-bond donors (Lipinski definition) is 2. The average Bonchev–Trinajstić information content (AvgIpc) is 3.18. The van der Waals surface area contributed by atoms with Crippen molar-refractivity contribution in [1.29, 1.82) is 0 Å². The summed E-state index contributed by atoms with van der Waals surface area (Å²) >= 11 is 1.32. The van der Waals surface area contributed by atoms with Gasteiger partial charge in [-0.05, 0) is 36.2 Å². The molecular weight excluding hydrogens is 468 g/mol. The van der Waals surface area contributed by atoms with Gasteiger partial charge >= 0.3 is 0 Å². The number of sulfonamides is 1. The molecule has 0 fully saturated rings. The van der Waals surface area contributed by atoms with E-state index in [0.29, 0.717) is 10.7 Å². The first kappa shape index (κ1) is 24.0. The highest BCUT2D eigenvalue weighted by Gasteiger charge is 2.17. The number of fused-ring (bicyclic) bond motifs is 1. The van der Waals surface area contributed by atoms with Crippen molar-refractivity contribution in [2.45, 2.75) is 36.4 Å². The van der Waals surface area contributed by atoms with Crippen LogP contribution in [0, 0.1) is 0 Å². The van der Waals surface area contributed by atoms with Gasteiger partial charge in [0.05, 0.1) is 21.7 Å². The van der Waals surface area contributed by atoms with Gasteiger partial charge in [0.25, 0.3) is 0 Å². The molecule has 0 aliphatic carbocycles. The lowest BCUT2D eigenvalue weighted by Gasteiger charge is -2.12. The molecule has 4 aromatic rings. The number of nitrogens with two attached hydrogens (primary N) is 1. The number of unbranched alkanes of at least 4 members (excludes halogenated alkanes) is 1. The molecule has 9 heteroatoms. The molecule has 0 saturated carbocycles. The predicted molar refractivity (Wildman–Crippen MR) is 137 cm³/mol. The molecule has 0 bridgehead atoms. The highest BCUT2D eigenvalue weighted by Crippen LogP contribution is 2.29. The number of carbonyl (C=O) groups excluding carboxylic acids is 1. The van der Waals surface area contributed by atoms with Gasteiger partial charge in [0.15, 0.2) is 5.16 Å². The summed E-state index contributed by atoms with van der Waals surface area (Å²) in [6.45, 7) is 2.82. The second-order valence-electron chi connectivity index (χ2n) is 7.84. The van der Waals surface area contributed by atoms with E-state index in [4.69, 9.17) is 5.14 Å². The molecule has 1 amide bonds. The Morgan fingerprint density at radius 3 is 2.53 bits per heavy atom. The molecule has 176 valence electrons. The highest BCUT2D eigenvalue weighted by molar-refractivity contribution is 7.99. The molecule has 0 spiro atoms. The van der Waals surface area contributed by atoms with E-state index in [1.807, 2.05) is 59.2 Å². The topological polar surface area (TPSA) is 107 Å². The molecule has 0 aliphatic rings. The lowest BCUT2D eigenvalue weighted by molar-refractivity contribution is -0.113.